The number of rotatable bonds is 4. The van der Waals surface area contributed by atoms with Crippen molar-refractivity contribution in [1.82, 2.24) is 29.9 Å². The quantitative estimate of drug-likeness (QED) is 0.717. The van der Waals surface area contributed by atoms with Gasteiger partial charge in [-0.2, -0.15) is 16.4 Å². The maximum Gasteiger partial charge on any atom is 0.248 e. The fourth-order valence-electron chi connectivity index (χ4n) is 2.86. The van der Waals surface area contributed by atoms with Crippen LogP contribution in [0.15, 0.2) is 33.9 Å². The van der Waals surface area contributed by atoms with Crippen molar-refractivity contribution in [2.45, 2.75) is 25.3 Å². The minimum absolute atomic E-state index is 0.0303. The van der Waals surface area contributed by atoms with Crippen molar-refractivity contribution in [3.63, 3.8) is 0 Å². The minimum Gasteiger partial charge on any atom is -0.420 e. The number of thiophene rings is 1. The molecule has 0 aromatic carbocycles. The van der Waals surface area contributed by atoms with Gasteiger partial charge in [0.15, 0.2) is 0 Å². The van der Waals surface area contributed by atoms with E-state index >= 15 is 0 Å². The Morgan fingerprint density at radius 3 is 3.17 bits per heavy atom. The van der Waals surface area contributed by atoms with Crippen molar-refractivity contribution < 1.29 is 9.21 Å². The van der Waals surface area contributed by atoms with Crippen LogP contribution in [0.25, 0.3) is 11.5 Å². The van der Waals surface area contributed by atoms with Gasteiger partial charge in [0.25, 0.3) is 0 Å². The summed E-state index contributed by atoms with van der Waals surface area (Å²) >= 11 is 1.59. The monoisotopic (exact) mass is 344 g/mol. The predicted octanol–water partition coefficient (Wildman–Crippen LogP) is 1.80. The van der Waals surface area contributed by atoms with E-state index in [1.807, 2.05) is 21.7 Å². The van der Waals surface area contributed by atoms with Gasteiger partial charge in [0.1, 0.15) is 19.2 Å². The third kappa shape index (κ3) is 3.07. The molecule has 0 bridgehead atoms. The van der Waals surface area contributed by atoms with Crippen molar-refractivity contribution in [2.24, 2.45) is 0 Å². The Hall–Kier alpha value is -2.55. The number of hydrogen-bond donors (Lipinski definition) is 0. The van der Waals surface area contributed by atoms with Crippen LogP contribution < -0.4 is 0 Å². The first-order valence-corrected chi connectivity index (χ1v) is 8.70. The van der Waals surface area contributed by atoms with Crippen LogP contribution in [0.5, 0.6) is 0 Å². The van der Waals surface area contributed by atoms with Crippen LogP contribution in [0.3, 0.4) is 0 Å². The van der Waals surface area contributed by atoms with Gasteiger partial charge in [-0.3, -0.25) is 4.79 Å². The highest BCUT2D eigenvalue weighted by molar-refractivity contribution is 7.08. The van der Waals surface area contributed by atoms with Gasteiger partial charge in [-0.05, 0) is 24.3 Å². The molecule has 9 heteroatoms. The minimum atomic E-state index is 0.0303. The average molecular weight is 344 g/mol. The van der Waals surface area contributed by atoms with Gasteiger partial charge in [-0.15, -0.1) is 10.2 Å². The van der Waals surface area contributed by atoms with E-state index in [4.69, 9.17) is 4.42 Å². The molecule has 1 atom stereocenters. The molecule has 8 nitrogen and oxygen atoms in total. The SMILES string of the molecule is O=C(Cn1cncn1)N1CCCC(c2nnc(-c3ccsc3)o2)C1. The van der Waals surface area contributed by atoms with E-state index in [0.29, 0.717) is 18.3 Å². The normalized spacial score (nSPS) is 18.0. The first kappa shape index (κ1) is 15.0. The van der Waals surface area contributed by atoms with Gasteiger partial charge in [0.05, 0.1) is 5.92 Å². The summed E-state index contributed by atoms with van der Waals surface area (Å²) in [7, 11) is 0. The second-order valence-electron chi connectivity index (χ2n) is 5.73. The van der Waals surface area contributed by atoms with Gasteiger partial charge < -0.3 is 9.32 Å². The first-order valence-electron chi connectivity index (χ1n) is 7.76. The zero-order valence-corrected chi connectivity index (χ0v) is 13.7. The number of carbonyl (C=O) groups is 1. The molecule has 0 saturated carbocycles. The van der Waals surface area contributed by atoms with Crippen LogP contribution >= 0.6 is 11.3 Å². The van der Waals surface area contributed by atoms with Crippen molar-refractivity contribution in [2.75, 3.05) is 13.1 Å². The van der Waals surface area contributed by atoms with Crippen LogP contribution in [-0.4, -0.2) is 48.9 Å². The summed E-state index contributed by atoms with van der Waals surface area (Å²) in [6, 6.07) is 1.96. The lowest BCUT2D eigenvalue weighted by Crippen LogP contribution is -2.41. The molecular weight excluding hydrogens is 328 g/mol. The molecule has 0 spiro atoms. The highest BCUT2D eigenvalue weighted by atomic mass is 32.1. The van der Waals surface area contributed by atoms with E-state index in [1.165, 1.54) is 11.0 Å². The number of aromatic nitrogens is 5. The number of amides is 1. The number of nitrogens with zero attached hydrogens (tertiary/aromatic N) is 6. The molecule has 24 heavy (non-hydrogen) atoms. The molecule has 3 aromatic rings. The Bertz CT molecular complexity index is 798. The molecule has 4 heterocycles. The fraction of sp³-hybridized carbons (Fsp3) is 0.400. The first-order chi connectivity index (χ1) is 11.8. The molecular formula is C15H16N6O2S. The molecule has 1 saturated heterocycles. The molecule has 124 valence electrons. The van der Waals surface area contributed by atoms with E-state index < -0.39 is 0 Å². The fourth-order valence-corrected chi connectivity index (χ4v) is 3.49. The van der Waals surface area contributed by atoms with E-state index in [-0.39, 0.29) is 18.4 Å². The zero-order chi connectivity index (χ0) is 16.4. The maximum atomic E-state index is 12.4. The van der Waals surface area contributed by atoms with E-state index in [2.05, 4.69) is 20.3 Å². The van der Waals surface area contributed by atoms with Crippen LogP contribution in [0.1, 0.15) is 24.7 Å². The van der Waals surface area contributed by atoms with Crippen molar-refractivity contribution in [3.05, 3.63) is 35.4 Å². The summed E-state index contributed by atoms with van der Waals surface area (Å²) in [5, 5.41) is 16.2. The molecule has 3 aromatic heterocycles. The third-order valence-electron chi connectivity index (χ3n) is 4.10. The standard InChI is InChI=1S/C15H16N6O2S/c22-13(7-21-10-16-9-17-21)20-4-1-2-11(6-20)14-18-19-15(23-14)12-3-5-24-8-12/h3,5,8-11H,1-2,4,6-7H2. The maximum absolute atomic E-state index is 12.4. The molecule has 1 aliphatic heterocycles. The Morgan fingerprint density at radius 2 is 2.38 bits per heavy atom. The van der Waals surface area contributed by atoms with Crippen molar-refractivity contribution in [3.8, 4) is 11.5 Å². The van der Waals surface area contributed by atoms with E-state index in [0.717, 1.165) is 24.9 Å². The van der Waals surface area contributed by atoms with E-state index in [9.17, 15) is 4.79 Å². The Morgan fingerprint density at radius 1 is 1.42 bits per heavy atom. The third-order valence-corrected chi connectivity index (χ3v) is 4.78. The number of hydrogen-bond acceptors (Lipinski definition) is 7. The summed E-state index contributed by atoms with van der Waals surface area (Å²) < 4.78 is 7.36. The number of carbonyl (C=O) groups excluding carboxylic acids is 1. The van der Waals surface area contributed by atoms with Gasteiger partial charge in [0, 0.05) is 24.0 Å². The van der Waals surface area contributed by atoms with Gasteiger partial charge >= 0.3 is 0 Å². The largest absolute Gasteiger partial charge is 0.420 e. The molecule has 4 rings (SSSR count). The average Bonchev–Trinajstić information content (AvgIpc) is 3.36. The van der Waals surface area contributed by atoms with Gasteiger partial charge in [0.2, 0.25) is 17.7 Å². The molecule has 0 aliphatic carbocycles. The van der Waals surface area contributed by atoms with E-state index in [1.54, 1.807) is 17.7 Å². The van der Waals surface area contributed by atoms with Gasteiger partial charge in [-0.1, -0.05) is 0 Å². The molecule has 0 radical (unpaired) electrons. The number of likely N-dealkylation sites (tertiary alicyclic amines) is 1. The Kier molecular flexibility index (Phi) is 4.08. The summed E-state index contributed by atoms with van der Waals surface area (Å²) in [6.45, 7) is 1.55. The van der Waals surface area contributed by atoms with Crippen molar-refractivity contribution >= 4 is 17.2 Å². The van der Waals surface area contributed by atoms with Crippen LogP contribution in [0, 0.1) is 0 Å². The molecule has 1 amide bonds. The van der Waals surface area contributed by atoms with Crippen molar-refractivity contribution in [1.29, 1.82) is 0 Å². The lowest BCUT2D eigenvalue weighted by Gasteiger charge is -2.31. The molecule has 1 unspecified atom stereocenters. The second-order valence-corrected chi connectivity index (χ2v) is 6.51. The Labute approximate surface area is 142 Å². The zero-order valence-electron chi connectivity index (χ0n) is 12.9. The van der Waals surface area contributed by atoms with Crippen LogP contribution in [-0.2, 0) is 11.3 Å². The van der Waals surface area contributed by atoms with Crippen LogP contribution in [0.2, 0.25) is 0 Å². The highest BCUT2D eigenvalue weighted by Crippen LogP contribution is 2.29. The summed E-state index contributed by atoms with van der Waals surface area (Å²) in [5.41, 5.74) is 0.939. The van der Waals surface area contributed by atoms with Crippen LogP contribution in [0.4, 0.5) is 0 Å². The van der Waals surface area contributed by atoms with Gasteiger partial charge in [-0.25, -0.2) is 9.67 Å². The summed E-state index contributed by atoms with van der Waals surface area (Å²) in [4.78, 5) is 18.1. The smallest absolute Gasteiger partial charge is 0.248 e. The molecule has 1 aliphatic rings. The Balaban J connectivity index is 1.44. The highest BCUT2D eigenvalue weighted by Gasteiger charge is 2.28. The molecule has 1 fully saturated rings. The predicted molar refractivity (Wildman–Crippen MR) is 86.2 cm³/mol. The summed E-state index contributed by atoms with van der Waals surface area (Å²) in [6.07, 6.45) is 4.84. The topological polar surface area (TPSA) is 89.9 Å². The lowest BCUT2D eigenvalue weighted by atomic mass is 9.98. The summed E-state index contributed by atoms with van der Waals surface area (Å²) in [5.74, 6) is 1.26. The second kappa shape index (κ2) is 6.52. The molecule has 0 N–H and O–H groups in total. The lowest BCUT2D eigenvalue weighted by molar-refractivity contribution is -0.133. The number of piperidine rings is 1.